The van der Waals surface area contributed by atoms with Gasteiger partial charge in [-0.3, -0.25) is 9.59 Å². The van der Waals surface area contributed by atoms with E-state index in [-0.39, 0.29) is 23.5 Å². The highest BCUT2D eigenvalue weighted by Gasteiger charge is 2.15. The van der Waals surface area contributed by atoms with Gasteiger partial charge in [0.2, 0.25) is 5.91 Å². The van der Waals surface area contributed by atoms with Crippen LogP contribution in [0.15, 0.2) is 18.2 Å². The van der Waals surface area contributed by atoms with Crippen LogP contribution in [0.3, 0.4) is 0 Å². The van der Waals surface area contributed by atoms with E-state index in [9.17, 15) is 9.59 Å². The molecule has 0 heterocycles. The molecule has 110 valence electrons. The molecule has 0 saturated carbocycles. The van der Waals surface area contributed by atoms with E-state index in [0.717, 1.165) is 0 Å². The summed E-state index contributed by atoms with van der Waals surface area (Å²) < 4.78 is 4.53. The molecule has 20 heavy (non-hydrogen) atoms. The first-order valence-electron chi connectivity index (χ1n) is 5.88. The Morgan fingerprint density at radius 3 is 2.70 bits per heavy atom. The van der Waals surface area contributed by atoms with Crippen molar-refractivity contribution < 1.29 is 14.3 Å². The minimum absolute atomic E-state index is 0.177. The topological polar surface area (TPSA) is 55.4 Å². The fourth-order valence-corrected chi connectivity index (χ4v) is 2.63. The summed E-state index contributed by atoms with van der Waals surface area (Å²) in [7, 11) is 1.34. The van der Waals surface area contributed by atoms with Crippen molar-refractivity contribution in [3.05, 3.63) is 28.2 Å². The van der Waals surface area contributed by atoms with E-state index < -0.39 is 0 Å². The van der Waals surface area contributed by atoms with Crippen molar-refractivity contribution in [2.45, 2.75) is 18.6 Å². The maximum absolute atomic E-state index is 12.0. The number of carbonyl (C=O) groups is 2. The first-order chi connectivity index (χ1) is 9.43. The maximum atomic E-state index is 12.0. The Labute approximate surface area is 132 Å². The van der Waals surface area contributed by atoms with Crippen molar-refractivity contribution in [1.29, 1.82) is 0 Å². The zero-order valence-electron chi connectivity index (χ0n) is 11.1. The van der Waals surface area contributed by atoms with Crippen molar-refractivity contribution in [1.82, 2.24) is 0 Å². The molecule has 0 aromatic heterocycles. The Bertz CT molecular complexity index is 497. The van der Waals surface area contributed by atoms with Crippen molar-refractivity contribution in [2.24, 2.45) is 0 Å². The number of rotatable bonds is 6. The Morgan fingerprint density at radius 2 is 2.10 bits per heavy atom. The van der Waals surface area contributed by atoms with Crippen molar-refractivity contribution in [3.8, 4) is 0 Å². The lowest BCUT2D eigenvalue weighted by molar-refractivity contribution is -0.140. The smallest absolute Gasteiger partial charge is 0.306 e. The second kappa shape index (κ2) is 8.39. The van der Waals surface area contributed by atoms with E-state index in [4.69, 9.17) is 23.2 Å². The fourth-order valence-electron chi connectivity index (χ4n) is 1.32. The summed E-state index contributed by atoms with van der Waals surface area (Å²) in [6.45, 7) is 1.76. The number of hydrogen-bond acceptors (Lipinski definition) is 4. The van der Waals surface area contributed by atoms with Crippen LogP contribution in [0.1, 0.15) is 13.3 Å². The molecule has 0 aliphatic carbocycles. The van der Waals surface area contributed by atoms with Crippen molar-refractivity contribution >= 4 is 52.5 Å². The molecule has 1 aromatic rings. The zero-order valence-corrected chi connectivity index (χ0v) is 13.4. The van der Waals surface area contributed by atoms with Crippen LogP contribution in [-0.4, -0.2) is 30.0 Å². The van der Waals surface area contributed by atoms with Crippen LogP contribution in [0.25, 0.3) is 0 Å². The van der Waals surface area contributed by atoms with E-state index in [1.54, 1.807) is 25.1 Å². The highest BCUT2D eigenvalue weighted by molar-refractivity contribution is 8.00. The molecule has 1 rings (SSSR count). The van der Waals surface area contributed by atoms with E-state index in [1.807, 2.05) is 0 Å². The molecule has 0 aliphatic rings. The summed E-state index contributed by atoms with van der Waals surface area (Å²) in [6.07, 6.45) is 0.278. The number of amides is 1. The summed E-state index contributed by atoms with van der Waals surface area (Å²) in [6, 6.07) is 4.86. The normalized spacial score (nSPS) is 11.8. The maximum Gasteiger partial charge on any atom is 0.306 e. The average Bonchev–Trinajstić information content (AvgIpc) is 2.41. The highest BCUT2D eigenvalue weighted by Crippen LogP contribution is 2.26. The van der Waals surface area contributed by atoms with Crippen LogP contribution in [0.4, 0.5) is 5.69 Å². The number of halogens is 2. The number of carbonyl (C=O) groups excluding carboxylic acids is 2. The number of benzene rings is 1. The van der Waals surface area contributed by atoms with Crippen LogP contribution < -0.4 is 5.32 Å². The predicted octanol–water partition coefficient (Wildman–Crippen LogP) is 3.62. The number of anilines is 1. The quantitative estimate of drug-likeness (QED) is 0.806. The zero-order chi connectivity index (χ0) is 15.1. The Balaban J connectivity index is 2.47. The van der Waals surface area contributed by atoms with Gasteiger partial charge in [-0.25, -0.2) is 0 Å². The molecule has 4 nitrogen and oxygen atoms in total. The van der Waals surface area contributed by atoms with Crippen LogP contribution in [0, 0.1) is 0 Å². The van der Waals surface area contributed by atoms with Gasteiger partial charge in [0.1, 0.15) is 0 Å². The number of thioether (sulfide) groups is 1. The van der Waals surface area contributed by atoms with Crippen LogP contribution in [0.5, 0.6) is 0 Å². The molecule has 0 fully saturated rings. The van der Waals surface area contributed by atoms with Crippen molar-refractivity contribution in [3.63, 3.8) is 0 Å². The van der Waals surface area contributed by atoms with Crippen LogP contribution in [0.2, 0.25) is 10.0 Å². The molecule has 0 unspecified atom stereocenters. The largest absolute Gasteiger partial charge is 0.469 e. The number of hydrogen-bond donors (Lipinski definition) is 1. The lowest BCUT2D eigenvalue weighted by Gasteiger charge is -2.12. The Kier molecular flexibility index (Phi) is 7.19. The second-order valence-corrected chi connectivity index (χ2v) is 6.24. The summed E-state index contributed by atoms with van der Waals surface area (Å²) in [5.41, 5.74) is 0.515. The molecule has 0 radical (unpaired) electrons. The summed E-state index contributed by atoms with van der Waals surface area (Å²) >= 11 is 13.1. The van der Waals surface area contributed by atoms with Crippen LogP contribution >= 0.6 is 35.0 Å². The molecule has 0 bridgehead atoms. The van der Waals surface area contributed by atoms with Gasteiger partial charge in [-0.05, 0) is 25.1 Å². The minimum Gasteiger partial charge on any atom is -0.469 e. The standard InChI is InChI=1S/C13H15Cl2NO3S/c1-8(20-6-5-12(17)19-2)13(18)16-11-4-3-9(14)7-10(11)15/h3-4,7-8H,5-6H2,1-2H3,(H,16,18)/t8-/m1/s1. The molecular formula is C13H15Cl2NO3S. The average molecular weight is 336 g/mol. The first kappa shape index (κ1) is 17.1. The third-order valence-electron chi connectivity index (χ3n) is 2.46. The fraction of sp³-hybridized carbons (Fsp3) is 0.385. The third kappa shape index (κ3) is 5.61. The minimum atomic E-state index is -0.300. The van der Waals surface area contributed by atoms with Gasteiger partial charge in [0.15, 0.2) is 0 Å². The monoisotopic (exact) mass is 335 g/mol. The number of methoxy groups -OCH3 is 1. The molecule has 0 spiro atoms. The molecular weight excluding hydrogens is 321 g/mol. The van der Waals surface area contributed by atoms with Gasteiger partial charge in [-0.15, -0.1) is 11.8 Å². The van der Waals surface area contributed by atoms with E-state index in [0.29, 0.717) is 21.5 Å². The summed E-state index contributed by atoms with van der Waals surface area (Å²) in [5.74, 6) is 0.0604. The van der Waals surface area contributed by atoms with Gasteiger partial charge in [-0.2, -0.15) is 0 Å². The third-order valence-corrected chi connectivity index (χ3v) is 4.16. The van der Waals surface area contributed by atoms with E-state index in [1.165, 1.54) is 18.9 Å². The Morgan fingerprint density at radius 1 is 1.40 bits per heavy atom. The van der Waals surface area contributed by atoms with Gasteiger partial charge >= 0.3 is 5.97 Å². The molecule has 0 saturated heterocycles. The van der Waals surface area contributed by atoms with E-state index in [2.05, 4.69) is 10.1 Å². The molecule has 1 amide bonds. The first-order valence-corrected chi connectivity index (χ1v) is 7.69. The number of esters is 1. The van der Waals surface area contributed by atoms with Gasteiger partial charge in [0.05, 0.1) is 29.5 Å². The van der Waals surface area contributed by atoms with Gasteiger partial charge in [-0.1, -0.05) is 23.2 Å². The van der Waals surface area contributed by atoms with Gasteiger partial charge < -0.3 is 10.1 Å². The summed E-state index contributed by atoms with van der Waals surface area (Å²) in [5, 5.41) is 3.32. The lowest BCUT2D eigenvalue weighted by Crippen LogP contribution is -2.23. The molecule has 1 aromatic carbocycles. The van der Waals surface area contributed by atoms with Crippen LogP contribution in [-0.2, 0) is 14.3 Å². The predicted molar refractivity (Wildman–Crippen MR) is 83.6 cm³/mol. The number of nitrogens with one attached hydrogen (secondary N) is 1. The van der Waals surface area contributed by atoms with Gasteiger partial charge in [0, 0.05) is 10.8 Å². The van der Waals surface area contributed by atoms with Crippen molar-refractivity contribution in [2.75, 3.05) is 18.2 Å². The second-order valence-electron chi connectivity index (χ2n) is 3.95. The molecule has 1 atom stereocenters. The summed E-state index contributed by atoms with van der Waals surface area (Å²) in [4.78, 5) is 22.9. The number of ether oxygens (including phenoxy) is 1. The lowest BCUT2D eigenvalue weighted by atomic mass is 10.3. The Hall–Kier alpha value is -0.910. The molecule has 0 aliphatic heterocycles. The van der Waals surface area contributed by atoms with Gasteiger partial charge in [0.25, 0.3) is 0 Å². The van der Waals surface area contributed by atoms with E-state index >= 15 is 0 Å². The SMILES string of the molecule is COC(=O)CCS[C@H](C)C(=O)Nc1ccc(Cl)cc1Cl. The molecule has 7 heteroatoms. The molecule has 1 N–H and O–H groups in total. The highest BCUT2D eigenvalue weighted by atomic mass is 35.5.